The molecule has 2 aliphatic rings. The van der Waals surface area contributed by atoms with Crippen LogP contribution in [0.4, 0.5) is 23.8 Å². The van der Waals surface area contributed by atoms with Gasteiger partial charge in [0.25, 0.3) is 0 Å². The van der Waals surface area contributed by atoms with Crippen molar-refractivity contribution < 1.29 is 32.2 Å². The van der Waals surface area contributed by atoms with Crippen LogP contribution in [0, 0.1) is 0 Å². The number of amides is 1. The Labute approximate surface area is 227 Å². The highest BCUT2D eigenvalue weighted by atomic mass is 19.4. The van der Waals surface area contributed by atoms with Gasteiger partial charge in [-0.05, 0) is 90.0 Å². The molecule has 39 heavy (non-hydrogen) atoms. The van der Waals surface area contributed by atoms with Crippen LogP contribution < -0.4 is 10.1 Å². The van der Waals surface area contributed by atoms with E-state index in [0.717, 1.165) is 61.8 Å². The summed E-state index contributed by atoms with van der Waals surface area (Å²) in [5, 5.41) is 12.5. The molecule has 2 aromatic rings. The highest BCUT2D eigenvalue weighted by Gasteiger charge is 2.33. The number of nitrogens with zero attached hydrogens (tertiary/aromatic N) is 3. The zero-order valence-corrected chi connectivity index (χ0v) is 23.0. The van der Waals surface area contributed by atoms with Crippen LogP contribution >= 0.6 is 0 Å². The molecule has 1 aliphatic carbocycles. The van der Waals surface area contributed by atoms with Crippen molar-refractivity contribution in [3.8, 4) is 17.0 Å². The van der Waals surface area contributed by atoms with Gasteiger partial charge in [0.15, 0.2) is 12.6 Å². The van der Waals surface area contributed by atoms with E-state index in [2.05, 4.69) is 15.5 Å². The summed E-state index contributed by atoms with van der Waals surface area (Å²) in [5.41, 5.74) is 1.57. The maximum atomic E-state index is 13.4. The molecule has 1 saturated heterocycles. The lowest BCUT2D eigenvalue weighted by Gasteiger charge is -2.35. The highest BCUT2D eigenvalue weighted by molar-refractivity contribution is 5.73. The van der Waals surface area contributed by atoms with Crippen molar-refractivity contribution >= 4 is 11.9 Å². The SMILES string of the molecule is CCOCOc1cc(C(F)(F)F)ccc1-c1nnc(N[C@@H]2CCCN(C(=O)OC(C)(C)C)C2)c2c1CCCC2. The number of likely N-dealkylation sites (tertiary alicyclic amines) is 1. The lowest BCUT2D eigenvalue weighted by atomic mass is 9.88. The molecule has 2 heterocycles. The average molecular weight is 551 g/mol. The first kappa shape index (κ1) is 28.9. The number of benzene rings is 1. The third kappa shape index (κ3) is 7.32. The van der Waals surface area contributed by atoms with Crippen LogP contribution in [0.1, 0.15) is 70.1 Å². The minimum absolute atomic E-state index is 0.0198. The van der Waals surface area contributed by atoms with Crippen molar-refractivity contribution in [2.24, 2.45) is 0 Å². The predicted octanol–water partition coefficient (Wildman–Crippen LogP) is 6.23. The first-order chi connectivity index (χ1) is 18.5. The Morgan fingerprint density at radius 3 is 2.54 bits per heavy atom. The summed E-state index contributed by atoms with van der Waals surface area (Å²) in [6.07, 6.45) is 0.281. The minimum Gasteiger partial charge on any atom is -0.467 e. The maximum absolute atomic E-state index is 13.4. The monoisotopic (exact) mass is 550 g/mol. The van der Waals surface area contributed by atoms with Gasteiger partial charge >= 0.3 is 12.3 Å². The molecule has 1 fully saturated rings. The third-order valence-corrected chi connectivity index (χ3v) is 6.77. The largest absolute Gasteiger partial charge is 0.467 e. The Morgan fingerprint density at radius 2 is 1.85 bits per heavy atom. The zero-order valence-electron chi connectivity index (χ0n) is 23.0. The fourth-order valence-corrected chi connectivity index (χ4v) is 4.96. The summed E-state index contributed by atoms with van der Waals surface area (Å²) in [6, 6.07) is 3.41. The van der Waals surface area contributed by atoms with E-state index in [1.807, 2.05) is 20.8 Å². The van der Waals surface area contributed by atoms with Crippen molar-refractivity contribution in [2.45, 2.75) is 84.0 Å². The van der Waals surface area contributed by atoms with Crippen LogP contribution in [-0.2, 0) is 28.5 Å². The van der Waals surface area contributed by atoms with Gasteiger partial charge in [0.1, 0.15) is 17.0 Å². The molecule has 1 N–H and O–H groups in total. The number of anilines is 1. The van der Waals surface area contributed by atoms with Crippen molar-refractivity contribution in [1.82, 2.24) is 15.1 Å². The van der Waals surface area contributed by atoms with Gasteiger partial charge in [0.2, 0.25) is 0 Å². The number of carbonyl (C=O) groups excluding carboxylic acids is 1. The molecular weight excluding hydrogens is 513 g/mol. The summed E-state index contributed by atoms with van der Waals surface area (Å²) in [4.78, 5) is 14.3. The second-order valence-electron chi connectivity index (χ2n) is 10.9. The number of alkyl halides is 3. The van der Waals surface area contributed by atoms with E-state index in [9.17, 15) is 18.0 Å². The first-order valence-corrected chi connectivity index (χ1v) is 13.5. The minimum atomic E-state index is -4.51. The molecule has 4 rings (SSSR count). The van der Waals surface area contributed by atoms with Crippen molar-refractivity contribution in [2.75, 3.05) is 31.8 Å². The van der Waals surface area contributed by atoms with Crippen molar-refractivity contribution in [3.05, 3.63) is 34.9 Å². The molecule has 0 spiro atoms. The Kier molecular flexibility index (Phi) is 8.88. The van der Waals surface area contributed by atoms with Gasteiger partial charge in [-0.25, -0.2) is 4.79 Å². The Balaban J connectivity index is 1.62. The molecule has 1 aromatic carbocycles. The van der Waals surface area contributed by atoms with Crippen molar-refractivity contribution in [1.29, 1.82) is 0 Å². The second kappa shape index (κ2) is 12.0. The highest BCUT2D eigenvalue weighted by Crippen LogP contribution is 2.40. The second-order valence-corrected chi connectivity index (χ2v) is 10.9. The van der Waals surface area contributed by atoms with E-state index in [1.54, 1.807) is 11.8 Å². The molecule has 0 bridgehead atoms. The number of halogens is 3. The number of hydrogen-bond donors (Lipinski definition) is 1. The summed E-state index contributed by atoms with van der Waals surface area (Å²) in [7, 11) is 0. The Hall–Kier alpha value is -3.08. The molecule has 214 valence electrons. The van der Waals surface area contributed by atoms with E-state index in [4.69, 9.17) is 14.2 Å². The smallest absolute Gasteiger partial charge is 0.416 e. The van der Waals surface area contributed by atoms with E-state index in [0.29, 0.717) is 36.8 Å². The van der Waals surface area contributed by atoms with E-state index < -0.39 is 17.3 Å². The van der Waals surface area contributed by atoms with Gasteiger partial charge in [-0.15, -0.1) is 10.2 Å². The Morgan fingerprint density at radius 1 is 1.10 bits per heavy atom. The topological polar surface area (TPSA) is 85.8 Å². The molecule has 8 nitrogen and oxygen atoms in total. The summed E-state index contributed by atoms with van der Waals surface area (Å²) >= 11 is 0. The molecule has 1 aliphatic heterocycles. The van der Waals surface area contributed by atoms with Gasteiger partial charge in [-0.2, -0.15) is 13.2 Å². The molecule has 0 saturated carbocycles. The molecule has 1 atom stereocenters. The number of fused-ring (bicyclic) bond motifs is 1. The number of aromatic nitrogens is 2. The number of hydrogen-bond acceptors (Lipinski definition) is 7. The van der Waals surface area contributed by atoms with Crippen LogP contribution in [0.15, 0.2) is 18.2 Å². The standard InChI is InChI=1S/C28H37F3N4O4/c1-5-37-17-38-23-15-18(28(29,30)31)12-13-22(23)24-20-10-6-7-11-21(20)25(34-33-24)32-19-9-8-14-35(16-19)26(36)39-27(2,3)4/h12-13,15,19H,5-11,14,16-17H2,1-4H3,(H,32,34)/t19-/m1/s1. The molecule has 11 heteroatoms. The fourth-order valence-electron chi connectivity index (χ4n) is 4.96. The average Bonchev–Trinajstić information content (AvgIpc) is 2.88. The van der Waals surface area contributed by atoms with Crippen LogP contribution in [-0.4, -0.2) is 59.3 Å². The number of piperidine rings is 1. The summed E-state index contributed by atoms with van der Waals surface area (Å²) < 4.78 is 56.7. The Bertz CT molecular complexity index is 1170. The fraction of sp³-hybridized carbons (Fsp3) is 0.607. The van der Waals surface area contributed by atoms with Gasteiger partial charge in [0.05, 0.1) is 5.56 Å². The molecule has 0 unspecified atom stereocenters. The lowest BCUT2D eigenvalue weighted by Crippen LogP contribution is -2.47. The molecule has 0 radical (unpaired) electrons. The number of rotatable bonds is 7. The molecule has 1 aromatic heterocycles. The molecule has 1 amide bonds. The van der Waals surface area contributed by atoms with E-state index >= 15 is 0 Å². The quantitative estimate of drug-likeness (QED) is 0.323. The van der Waals surface area contributed by atoms with E-state index in [1.165, 1.54) is 6.07 Å². The third-order valence-electron chi connectivity index (χ3n) is 6.77. The number of nitrogens with one attached hydrogen (secondary N) is 1. The number of carbonyl (C=O) groups is 1. The van der Waals surface area contributed by atoms with Gasteiger partial charge < -0.3 is 24.4 Å². The van der Waals surface area contributed by atoms with Crippen LogP contribution in [0.25, 0.3) is 11.3 Å². The maximum Gasteiger partial charge on any atom is 0.416 e. The number of ether oxygens (including phenoxy) is 3. The van der Waals surface area contributed by atoms with Crippen LogP contribution in [0.3, 0.4) is 0 Å². The lowest BCUT2D eigenvalue weighted by molar-refractivity contribution is -0.137. The van der Waals surface area contributed by atoms with Crippen LogP contribution in [0.2, 0.25) is 0 Å². The zero-order chi connectivity index (χ0) is 28.2. The van der Waals surface area contributed by atoms with Crippen LogP contribution in [0.5, 0.6) is 5.75 Å². The summed E-state index contributed by atoms with van der Waals surface area (Å²) in [6.45, 7) is 8.64. The van der Waals surface area contributed by atoms with Gasteiger partial charge in [0, 0.05) is 36.9 Å². The van der Waals surface area contributed by atoms with Gasteiger partial charge in [-0.3, -0.25) is 0 Å². The molecular formula is C28H37F3N4O4. The normalized spacial score (nSPS) is 17.9. The first-order valence-electron chi connectivity index (χ1n) is 13.5. The van der Waals surface area contributed by atoms with E-state index in [-0.39, 0.29) is 24.7 Å². The van der Waals surface area contributed by atoms with Gasteiger partial charge in [-0.1, -0.05) is 0 Å². The predicted molar refractivity (Wildman–Crippen MR) is 141 cm³/mol. The summed E-state index contributed by atoms with van der Waals surface area (Å²) in [5.74, 6) is 0.717. The van der Waals surface area contributed by atoms with Crippen molar-refractivity contribution in [3.63, 3.8) is 0 Å².